The van der Waals surface area contributed by atoms with Crippen molar-refractivity contribution in [2.24, 2.45) is 0 Å². The molecule has 0 radical (unpaired) electrons. The lowest BCUT2D eigenvalue weighted by atomic mass is 10.0. The summed E-state index contributed by atoms with van der Waals surface area (Å²) in [7, 11) is 0. The Labute approximate surface area is 185 Å². The fourth-order valence-electron chi connectivity index (χ4n) is 4.05. The Kier molecular flexibility index (Phi) is 6.20. The number of fused-ring (bicyclic) bond motifs is 1. The molecule has 0 N–H and O–H groups in total. The molecule has 0 unspecified atom stereocenters. The standard InChI is InChI=1S/C26H23F3N2O/c1-2-4-19-5-3-6-21(15-19)16-30-13-11-22-12-14-31(25(32)24(22)18-30)17-20-7-9-23(10-8-20)26(27,28)29/h3,5-10,12,14-15H,11,13,16-18H2,1H3. The predicted molar refractivity (Wildman–Crippen MR) is 118 cm³/mol. The Morgan fingerprint density at radius 3 is 2.50 bits per heavy atom. The third-order valence-electron chi connectivity index (χ3n) is 5.68. The molecular weight excluding hydrogens is 413 g/mol. The Morgan fingerprint density at radius 1 is 1.00 bits per heavy atom. The van der Waals surface area contributed by atoms with Gasteiger partial charge in [0.05, 0.1) is 12.1 Å². The number of rotatable bonds is 4. The first-order valence-electron chi connectivity index (χ1n) is 10.4. The number of benzene rings is 2. The highest BCUT2D eigenvalue weighted by Crippen LogP contribution is 2.29. The molecule has 0 spiro atoms. The van der Waals surface area contributed by atoms with Gasteiger partial charge in [-0.15, -0.1) is 5.92 Å². The fourth-order valence-corrected chi connectivity index (χ4v) is 4.05. The van der Waals surface area contributed by atoms with Gasteiger partial charge >= 0.3 is 6.18 Å². The van der Waals surface area contributed by atoms with E-state index in [0.717, 1.165) is 53.9 Å². The maximum Gasteiger partial charge on any atom is 0.416 e. The molecule has 0 saturated heterocycles. The zero-order valence-corrected chi connectivity index (χ0v) is 17.7. The maximum atomic E-state index is 13.1. The highest BCUT2D eigenvalue weighted by Gasteiger charge is 2.30. The largest absolute Gasteiger partial charge is 0.416 e. The van der Waals surface area contributed by atoms with Crippen LogP contribution in [0.4, 0.5) is 13.2 Å². The number of pyridine rings is 1. The molecule has 0 saturated carbocycles. The summed E-state index contributed by atoms with van der Waals surface area (Å²) < 4.78 is 39.9. The molecule has 164 valence electrons. The van der Waals surface area contributed by atoms with Crippen LogP contribution in [0.1, 0.15) is 40.3 Å². The normalized spacial score (nSPS) is 13.9. The van der Waals surface area contributed by atoms with Crippen LogP contribution in [-0.4, -0.2) is 16.0 Å². The van der Waals surface area contributed by atoms with Crippen molar-refractivity contribution in [1.29, 1.82) is 0 Å². The molecule has 1 aliphatic heterocycles. The van der Waals surface area contributed by atoms with Gasteiger partial charge in [0.15, 0.2) is 0 Å². The molecule has 6 heteroatoms. The van der Waals surface area contributed by atoms with Gasteiger partial charge in [-0.25, -0.2) is 0 Å². The van der Waals surface area contributed by atoms with Gasteiger partial charge in [0.25, 0.3) is 5.56 Å². The SMILES string of the molecule is CC#Cc1cccc(CN2CCc3ccn(Cc4ccc(C(F)(F)F)cc4)c(=O)c3C2)c1. The van der Waals surface area contributed by atoms with Crippen molar-refractivity contribution in [1.82, 2.24) is 9.47 Å². The van der Waals surface area contributed by atoms with Crippen LogP contribution in [0.25, 0.3) is 0 Å². The van der Waals surface area contributed by atoms with Gasteiger partial charge in [-0.05, 0) is 60.4 Å². The van der Waals surface area contributed by atoms with Crippen molar-refractivity contribution in [2.45, 2.75) is 39.2 Å². The summed E-state index contributed by atoms with van der Waals surface area (Å²) in [4.78, 5) is 15.4. The molecule has 0 atom stereocenters. The number of hydrogen-bond acceptors (Lipinski definition) is 2. The van der Waals surface area contributed by atoms with E-state index >= 15 is 0 Å². The zero-order chi connectivity index (χ0) is 22.7. The molecule has 4 rings (SSSR count). The summed E-state index contributed by atoms with van der Waals surface area (Å²) in [6, 6.07) is 15.0. The summed E-state index contributed by atoms with van der Waals surface area (Å²) >= 11 is 0. The lowest BCUT2D eigenvalue weighted by Crippen LogP contribution is -2.36. The van der Waals surface area contributed by atoms with E-state index < -0.39 is 11.7 Å². The monoisotopic (exact) mass is 436 g/mol. The lowest BCUT2D eigenvalue weighted by Gasteiger charge is -2.28. The molecule has 32 heavy (non-hydrogen) atoms. The van der Waals surface area contributed by atoms with E-state index in [0.29, 0.717) is 12.1 Å². The van der Waals surface area contributed by atoms with Crippen LogP contribution >= 0.6 is 0 Å². The highest BCUT2D eigenvalue weighted by molar-refractivity contribution is 5.37. The van der Waals surface area contributed by atoms with Crippen LogP contribution in [-0.2, 0) is 32.2 Å². The number of halogens is 3. The van der Waals surface area contributed by atoms with Gasteiger partial charge in [-0.2, -0.15) is 13.2 Å². The first-order valence-corrected chi connectivity index (χ1v) is 10.4. The number of nitrogens with zero attached hydrogens (tertiary/aromatic N) is 2. The fraction of sp³-hybridized carbons (Fsp3) is 0.269. The third-order valence-corrected chi connectivity index (χ3v) is 5.68. The minimum Gasteiger partial charge on any atom is -0.311 e. The zero-order valence-electron chi connectivity index (χ0n) is 17.7. The molecule has 1 aliphatic rings. The summed E-state index contributed by atoms with van der Waals surface area (Å²) in [5, 5.41) is 0. The van der Waals surface area contributed by atoms with Crippen molar-refractivity contribution in [3.63, 3.8) is 0 Å². The minimum absolute atomic E-state index is 0.0855. The van der Waals surface area contributed by atoms with Gasteiger partial charge < -0.3 is 4.57 Å². The Bertz CT molecular complexity index is 1230. The van der Waals surface area contributed by atoms with Crippen molar-refractivity contribution in [3.05, 3.63) is 105 Å². The van der Waals surface area contributed by atoms with E-state index in [4.69, 9.17) is 0 Å². The Morgan fingerprint density at radius 2 is 1.78 bits per heavy atom. The van der Waals surface area contributed by atoms with E-state index in [1.165, 1.54) is 12.1 Å². The Hall–Kier alpha value is -3.30. The average Bonchev–Trinajstić information content (AvgIpc) is 2.76. The summed E-state index contributed by atoms with van der Waals surface area (Å²) in [6.45, 7) is 4.18. The van der Waals surface area contributed by atoms with Crippen molar-refractivity contribution >= 4 is 0 Å². The smallest absolute Gasteiger partial charge is 0.311 e. The molecule has 0 bridgehead atoms. The number of aromatic nitrogens is 1. The highest BCUT2D eigenvalue weighted by atomic mass is 19.4. The molecule has 2 heterocycles. The summed E-state index contributed by atoms with van der Waals surface area (Å²) in [5.41, 5.74) is 3.80. The maximum absolute atomic E-state index is 13.1. The molecule has 1 aromatic heterocycles. The van der Waals surface area contributed by atoms with E-state index in [9.17, 15) is 18.0 Å². The first-order chi connectivity index (χ1) is 15.3. The molecule has 0 fully saturated rings. The van der Waals surface area contributed by atoms with Crippen LogP contribution in [0.2, 0.25) is 0 Å². The topological polar surface area (TPSA) is 25.2 Å². The van der Waals surface area contributed by atoms with Gasteiger partial charge in [0.2, 0.25) is 0 Å². The molecule has 0 amide bonds. The van der Waals surface area contributed by atoms with E-state index in [2.05, 4.69) is 28.9 Å². The molecule has 0 aliphatic carbocycles. The molecule has 3 nitrogen and oxygen atoms in total. The van der Waals surface area contributed by atoms with Crippen molar-refractivity contribution in [3.8, 4) is 11.8 Å². The molecule has 2 aromatic carbocycles. The minimum atomic E-state index is -4.37. The Balaban J connectivity index is 1.51. The van der Waals surface area contributed by atoms with Gasteiger partial charge in [-0.3, -0.25) is 9.69 Å². The predicted octanol–water partition coefficient (Wildman–Crippen LogP) is 4.85. The summed E-state index contributed by atoms with van der Waals surface area (Å²) in [6.07, 6.45) is -1.84. The quantitative estimate of drug-likeness (QED) is 0.547. The summed E-state index contributed by atoms with van der Waals surface area (Å²) in [5.74, 6) is 5.98. The molecule has 3 aromatic rings. The van der Waals surface area contributed by atoms with Gasteiger partial charge in [-0.1, -0.05) is 30.2 Å². The molecular formula is C26H23F3N2O. The van der Waals surface area contributed by atoms with Gasteiger partial charge in [0.1, 0.15) is 0 Å². The van der Waals surface area contributed by atoms with E-state index in [1.54, 1.807) is 10.8 Å². The number of alkyl halides is 3. The van der Waals surface area contributed by atoms with Crippen LogP contribution < -0.4 is 5.56 Å². The van der Waals surface area contributed by atoms with Gasteiger partial charge in [0, 0.05) is 37.0 Å². The van der Waals surface area contributed by atoms with Crippen molar-refractivity contribution in [2.75, 3.05) is 6.54 Å². The van der Waals surface area contributed by atoms with Crippen LogP contribution in [0.15, 0.2) is 65.6 Å². The second-order valence-electron chi connectivity index (χ2n) is 7.98. The third kappa shape index (κ3) is 4.95. The second-order valence-corrected chi connectivity index (χ2v) is 7.98. The second kappa shape index (κ2) is 9.05. The van der Waals surface area contributed by atoms with E-state index in [-0.39, 0.29) is 12.1 Å². The lowest BCUT2D eigenvalue weighted by molar-refractivity contribution is -0.137. The number of hydrogen-bond donors (Lipinski definition) is 0. The van der Waals surface area contributed by atoms with Crippen LogP contribution in [0, 0.1) is 11.8 Å². The van der Waals surface area contributed by atoms with E-state index in [1.807, 2.05) is 25.1 Å². The van der Waals surface area contributed by atoms with Crippen molar-refractivity contribution < 1.29 is 13.2 Å². The average molecular weight is 436 g/mol. The first kappa shape index (κ1) is 21.9. The van der Waals surface area contributed by atoms with Crippen LogP contribution in [0.3, 0.4) is 0 Å². The van der Waals surface area contributed by atoms with Crippen LogP contribution in [0.5, 0.6) is 0 Å².